The number of halogens is 1. The second-order valence-corrected chi connectivity index (χ2v) is 9.00. The third kappa shape index (κ3) is 5.04. The summed E-state index contributed by atoms with van der Waals surface area (Å²) in [5, 5.41) is 3.88. The first-order valence-electron chi connectivity index (χ1n) is 9.01. The summed E-state index contributed by atoms with van der Waals surface area (Å²) in [6.45, 7) is 0.380. The van der Waals surface area contributed by atoms with Gasteiger partial charge in [-0.15, -0.1) is 11.3 Å². The van der Waals surface area contributed by atoms with Crippen molar-refractivity contribution >= 4 is 55.2 Å². The summed E-state index contributed by atoms with van der Waals surface area (Å²) in [4.78, 5) is 21.9. The predicted molar refractivity (Wildman–Crippen MR) is 122 cm³/mol. The molecule has 2 heterocycles. The largest absolute Gasteiger partial charge is 0.465 e. The number of hydrogen-bond acceptors (Lipinski definition) is 6. The Morgan fingerprint density at radius 3 is 2.66 bits per heavy atom. The molecule has 146 valence electrons. The fourth-order valence-corrected chi connectivity index (χ4v) is 4.95. The zero-order valence-corrected chi connectivity index (χ0v) is 18.6. The minimum Gasteiger partial charge on any atom is -0.465 e. The lowest BCUT2D eigenvalue weighted by atomic mass is 10.1. The first kappa shape index (κ1) is 20.1. The fourth-order valence-electron chi connectivity index (χ4n) is 2.90. The third-order valence-corrected chi connectivity index (χ3v) is 6.69. The van der Waals surface area contributed by atoms with Crippen LogP contribution in [0.15, 0.2) is 75.8 Å². The number of carbonyl (C=O) groups excluding carboxylic acids is 1. The molecule has 0 atom stereocenters. The summed E-state index contributed by atoms with van der Waals surface area (Å²) in [5.74, 6) is -0.0191. The number of carbonyl (C=O) groups is 1. The zero-order chi connectivity index (χ0) is 20.1. The molecule has 0 fully saturated rings. The number of ether oxygens (including phenoxy) is 1. The van der Waals surface area contributed by atoms with E-state index >= 15 is 0 Å². The number of nitrogens with zero attached hydrogens (tertiary/aromatic N) is 2. The number of rotatable bonds is 7. The number of fused-ring (bicyclic) bond motifs is 1. The fraction of sp³-hybridized carbons (Fsp3) is 0.136. The van der Waals surface area contributed by atoms with Gasteiger partial charge in [-0.1, -0.05) is 70.2 Å². The molecule has 0 unspecified atom stereocenters. The van der Waals surface area contributed by atoms with Crippen LogP contribution < -0.4 is 0 Å². The number of aromatic nitrogens is 2. The molecule has 0 amide bonds. The van der Waals surface area contributed by atoms with E-state index in [1.807, 2.05) is 42.5 Å². The summed E-state index contributed by atoms with van der Waals surface area (Å²) < 4.78 is 6.42. The Morgan fingerprint density at radius 1 is 1.07 bits per heavy atom. The van der Waals surface area contributed by atoms with Gasteiger partial charge in [-0.05, 0) is 23.3 Å². The third-order valence-electron chi connectivity index (χ3n) is 4.31. The Hall–Kier alpha value is -2.22. The van der Waals surface area contributed by atoms with Gasteiger partial charge in [0.2, 0.25) is 0 Å². The van der Waals surface area contributed by atoms with Crippen molar-refractivity contribution in [2.45, 2.75) is 11.4 Å². The highest BCUT2D eigenvalue weighted by atomic mass is 79.9. The molecule has 0 spiro atoms. The van der Waals surface area contributed by atoms with Gasteiger partial charge in [-0.25, -0.2) is 9.97 Å². The van der Waals surface area contributed by atoms with Crippen LogP contribution in [0.1, 0.15) is 5.56 Å². The molecule has 7 heteroatoms. The maximum Gasteiger partial charge on any atom is 0.316 e. The van der Waals surface area contributed by atoms with E-state index in [-0.39, 0.29) is 11.7 Å². The average Bonchev–Trinajstić information content (AvgIpc) is 3.18. The molecule has 0 radical (unpaired) electrons. The van der Waals surface area contributed by atoms with Crippen molar-refractivity contribution in [3.05, 3.63) is 76.3 Å². The summed E-state index contributed by atoms with van der Waals surface area (Å²) in [5.41, 5.74) is 3.34. The van der Waals surface area contributed by atoms with Gasteiger partial charge >= 0.3 is 5.97 Å². The molecule has 0 aliphatic rings. The first-order chi connectivity index (χ1) is 14.2. The van der Waals surface area contributed by atoms with Crippen molar-refractivity contribution < 1.29 is 9.53 Å². The molecular formula is C22H17BrN2O2S2. The standard InChI is InChI=1S/C22H17BrN2O2S2/c23-17-8-6-16(7-9-17)18-12-28-21-20(18)22(25-14-24-21)29-13-19(26)27-11-10-15-4-2-1-3-5-15/h1-9,12,14H,10-11,13H2. The monoisotopic (exact) mass is 484 g/mol. The lowest BCUT2D eigenvalue weighted by Crippen LogP contribution is -2.10. The molecular weight excluding hydrogens is 468 g/mol. The van der Waals surface area contributed by atoms with Crippen LogP contribution >= 0.6 is 39.0 Å². The number of benzene rings is 2. The van der Waals surface area contributed by atoms with E-state index < -0.39 is 0 Å². The highest BCUT2D eigenvalue weighted by Gasteiger charge is 2.15. The molecule has 29 heavy (non-hydrogen) atoms. The van der Waals surface area contributed by atoms with Crippen LogP contribution in [0.3, 0.4) is 0 Å². The predicted octanol–water partition coefficient (Wildman–Crippen LogP) is 6.00. The molecule has 0 bridgehead atoms. The Labute approximate surface area is 185 Å². The number of esters is 1. The maximum atomic E-state index is 12.2. The number of thioether (sulfide) groups is 1. The van der Waals surface area contributed by atoms with E-state index in [9.17, 15) is 4.79 Å². The van der Waals surface area contributed by atoms with Gasteiger partial charge in [0.25, 0.3) is 0 Å². The highest BCUT2D eigenvalue weighted by Crippen LogP contribution is 2.38. The molecule has 0 N–H and O–H groups in total. The van der Waals surface area contributed by atoms with Crippen LogP contribution in [-0.4, -0.2) is 28.3 Å². The smallest absolute Gasteiger partial charge is 0.316 e. The van der Waals surface area contributed by atoms with Crippen molar-refractivity contribution in [1.82, 2.24) is 9.97 Å². The minimum atomic E-state index is -0.238. The molecule has 4 rings (SSSR count). The van der Waals surface area contributed by atoms with Crippen LogP contribution in [0.25, 0.3) is 21.3 Å². The Morgan fingerprint density at radius 2 is 1.86 bits per heavy atom. The number of hydrogen-bond donors (Lipinski definition) is 0. The van der Waals surface area contributed by atoms with Gasteiger partial charge in [-0.3, -0.25) is 4.79 Å². The van der Waals surface area contributed by atoms with Crippen LogP contribution in [0.2, 0.25) is 0 Å². The second-order valence-electron chi connectivity index (χ2n) is 6.26. The maximum absolute atomic E-state index is 12.2. The minimum absolute atomic E-state index is 0.219. The van der Waals surface area contributed by atoms with Crippen LogP contribution in [0.5, 0.6) is 0 Å². The Kier molecular flexibility index (Phi) is 6.59. The van der Waals surface area contributed by atoms with Gasteiger partial charge < -0.3 is 4.74 Å². The average molecular weight is 485 g/mol. The zero-order valence-electron chi connectivity index (χ0n) is 15.4. The molecule has 0 saturated carbocycles. The van der Waals surface area contributed by atoms with E-state index in [2.05, 4.69) is 43.4 Å². The summed E-state index contributed by atoms with van der Waals surface area (Å²) >= 11 is 6.44. The van der Waals surface area contributed by atoms with Gasteiger partial charge in [0.05, 0.1) is 17.7 Å². The quantitative estimate of drug-likeness (QED) is 0.183. The molecule has 2 aromatic heterocycles. The van der Waals surface area contributed by atoms with E-state index in [1.54, 1.807) is 17.7 Å². The van der Waals surface area contributed by atoms with E-state index in [4.69, 9.17) is 4.74 Å². The molecule has 0 aliphatic heterocycles. The van der Waals surface area contributed by atoms with Crippen molar-refractivity contribution in [1.29, 1.82) is 0 Å². The molecule has 0 aliphatic carbocycles. The van der Waals surface area contributed by atoms with Gasteiger partial charge in [-0.2, -0.15) is 0 Å². The van der Waals surface area contributed by atoms with E-state index in [0.717, 1.165) is 36.4 Å². The summed E-state index contributed by atoms with van der Waals surface area (Å²) in [7, 11) is 0. The van der Waals surface area contributed by atoms with Crippen LogP contribution in [0.4, 0.5) is 0 Å². The van der Waals surface area contributed by atoms with E-state index in [0.29, 0.717) is 13.0 Å². The molecule has 0 saturated heterocycles. The van der Waals surface area contributed by atoms with Crippen LogP contribution in [-0.2, 0) is 16.0 Å². The van der Waals surface area contributed by atoms with Crippen LogP contribution in [0, 0.1) is 0 Å². The van der Waals surface area contributed by atoms with Crippen molar-refractivity contribution in [2.24, 2.45) is 0 Å². The topological polar surface area (TPSA) is 52.1 Å². The lowest BCUT2D eigenvalue weighted by molar-refractivity contribution is -0.140. The normalized spacial score (nSPS) is 10.9. The first-order valence-corrected chi connectivity index (χ1v) is 11.7. The van der Waals surface area contributed by atoms with E-state index in [1.165, 1.54) is 11.8 Å². The molecule has 4 nitrogen and oxygen atoms in total. The summed E-state index contributed by atoms with van der Waals surface area (Å²) in [6, 6.07) is 18.1. The van der Waals surface area contributed by atoms with Crippen molar-refractivity contribution in [3.63, 3.8) is 0 Å². The van der Waals surface area contributed by atoms with Crippen molar-refractivity contribution in [2.75, 3.05) is 12.4 Å². The Balaban J connectivity index is 1.43. The Bertz CT molecular complexity index is 1110. The second kappa shape index (κ2) is 9.52. The van der Waals surface area contributed by atoms with Crippen molar-refractivity contribution in [3.8, 4) is 11.1 Å². The number of thiophene rings is 1. The van der Waals surface area contributed by atoms with Gasteiger partial charge in [0, 0.05) is 21.8 Å². The molecule has 4 aromatic rings. The van der Waals surface area contributed by atoms with Gasteiger partial charge in [0.15, 0.2) is 0 Å². The molecule has 2 aromatic carbocycles. The lowest BCUT2D eigenvalue weighted by Gasteiger charge is -2.07. The van der Waals surface area contributed by atoms with Gasteiger partial charge in [0.1, 0.15) is 16.2 Å². The summed E-state index contributed by atoms with van der Waals surface area (Å²) in [6.07, 6.45) is 2.26. The SMILES string of the molecule is O=C(CSc1ncnc2scc(-c3ccc(Br)cc3)c12)OCCc1ccccc1. The highest BCUT2D eigenvalue weighted by molar-refractivity contribution is 9.10.